The lowest BCUT2D eigenvalue weighted by molar-refractivity contribution is -0.427. The number of carbonyl (C=O) groups is 3. The van der Waals surface area contributed by atoms with Gasteiger partial charge < -0.3 is 14.2 Å². The van der Waals surface area contributed by atoms with E-state index in [0.717, 1.165) is 7.11 Å². The molecule has 10 heteroatoms. The van der Waals surface area contributed by atoms with Gasteiger partial charge in [0.05, 0.1) is 12.0 Å². The second kappa shape index (κ2) is 10.8. The van der Waals surface area contributed by atoms with Crippen molar-refractivity contribution in [2.24, 2.45) is 0 Å². The van der Waals surface area contributed by atoms with Crippen molar-refractivity contribution >= 4 is 18.2 Å². The molecular weight excluding hydrogens is 384 g/mol. The van der Waals surface area contributed by atoms with Crippen molar-refractivity contribution in [2.45, 2.75) is 85.0 Å². The van der Waals surface area contributed by atoms with E-state index < -0.39 is 40.3 Å². The van der Waals surface area contributed by atoms with Crippen molar-refractivity contribution in [3.8, 4) is 0 Å². The van der Waals surface area contributed by atoms with Crippen molar-refractivity contribution in [3.63, 3.8) is 0 Å². The zero-order valence-electron chi connectivity index (χ0n) is 18.4. The average molecular weight is 416 g/mol. The van der Waals surface area contributed by atoms with E-state index in [0.29, 0.717) is 4.90 Å². The summed E-state index contributed by atoms with van der Waals surface area (Å²) < 4.78 is 15.2. The van der Waals surface area contributed by atoms with Crippen LogP contribution in [-0.4, -0.2) is 52.3 Å². The third-order valence-corrected chi connectivity index (χ3v) is 3.38. The lowest BCUT2D eigenvalue weighted by Crippen LogP contribution is -2.52. The number of imide groups is 1. The maximum Gasteiger partial charge on any atom is 0.420 e. The number of rotatable bonds is 7. The van der Waals surface area contributed by atoms with Crippen LogP contribution in [0.5, 0.6) is 0 Å². The van der Waals surface area contributed by atoms with Crippen LogP contribution >= 0.6 is 0 Å². The van der Waals surface area contributed by atoms with Gasteiger partial charge in [-0.25, -0.2) is 14.4 Å². The van der Waals surface area contributed by atoms with Crippen LogP contribution in [0.25, 0.3) is 0 Å². The number of carbonyl (C=O) groups excluding carboxylic acids is 3. The number of esters is 1. The highest BCUT2D eigenvalue weighted by Gasteiger charge is 2.40. The normalized spacial score (nSPS) is 13.3. The van der Waals surface area contributed by atoms with Gasteiger partial charge in [0, 0.05) is 6.42 Å². The van der Waals surface area contributed by atoms with Crippen LogP contribution in [-0.2, 0) is 19.0 Å². The number of nitro groups is 1. The fourth-order valence-corrected chi connectivity index (χ4v) is 2.20. The number of allylic oxidation sites excluding steroid dienone is 2. The number of nitrogens with zero attached hydrogens (tertiary/aromatic N) is 2. The lowest BCUT2D eigenvalue weighted by atomic mass is 10.1. The molecule has 0 aliphatic heterocycles. The van der Waals surface area contributed by atoms with Crippen LogP contribution in [0.1, 0.15) is 67.7 Å². The van der Waals surface area contributed by atoms with Crippen molar-refractivity contribution in [1.82, 2.24) is 4.90 Å². The Morgan fingerprint density at radius 3 is 1.79 bits per heavy atom. The standard InChI is InChI=1S/C19H32N2O8/c1-9-13(21(25)26)11-10-12-14(15(22)27-8)20(16(23)28-18(2,3)4)17(24)29-19(5,6)7/h11,14H,9-10,12H2,1-8H3/t14-/m0/s1. The molecule has 0 saturated carbocycles. The highest BCUT2D eigenvalue weighted by Crippen LogP contribution is 2.20. The van der Waals surface area contributed by atoms with Gasteiger partial charge in [0.2, 0.25) is 5.70 Å². The van der Waals surface area contributed by atoms with Crippen molar-refractivity contribution < 1.29 is 33.5 Å². The van der Waals surface area contributed by atoms with Gasteiger partial charge in [-0.05, 0) is 60.5 Å². The summed E-state index contributed by atoms with van der Waals surface area (Å²) in [5.41, 5.74) is -1.90. The van der Waals surface area contributed by atoms with E-state index >= 15 is 0 Å². The monoisotopic (exact) mass is 416 g/mol. The summed E-state index contributed by atoms with van der Waals surface area (Å²) in [6.45, 7) is 11.3. The first-order valence-electron chi connectivity index (χ1n) is 9.29. The maximum absolute atomic E-state index is 12.7. The van der Waals surface area contributed by atoms with Crippen LogP contribution in [0.2, 0.25) is 0 Å². The molecule has 10 nitrogen and oxygen atoms in total. The van der Waals surface area contributed by atoms with E-state index in [9.17, 15) is 24.5 Å². The Bertz CT molecular complexity index is 616. The highest BCUT2D eigenvalue weighted by molar-refractivity contribution is 5.94. The van der Waals surface area contributed by atoms with Crippen LogP contribution in [0.4, 0.5) is 9.59 Å². The SMILES string of the molecule is CCC(=CCC[C@@H](C(=O)OC)N(C(=O)OC(C)(C)C)C(=O)OC(C)(C)C)[N+](=O)[O-]. The first-order valence-corrected chi connectivity index (χ1v) is 9.29. The second-order valence-corrected chi connectivity index (χ2v) is 8.25. The minimum absolute atomic E-state index is 0.0327. The van der Waals surface area contributed by atoms with Gasteiger partial charge in [-0.1, -0.05) is 6.92 Å². The maximum atomic E-state index is 12.7. The van der Waals surface area contributed by atoms with Crippen molar-refractivity contribution in [2.75, 3.05) is 7.11 Å². The van der Waals surface area contributed by atoms with E-state index in [1.807, 2.05) is 0 Å². The number of methoxy groups -OCH3 is 1. The molecule has 29 heavy (non-hydrogen) atoms. The molecule has 0 unspecified atom stereocenters. The zero-order chi connectivity index (χ0) is 23.0. The Kier molecular flexibility index (Phi) is 9.79. The minimum Gasteiger partial charge on any atom is -0.467 e. The minimum atomic E-state index is -1.37. The zero-order valence-corrected chi connectivity index (χ0v) is 18.4. The van der Waals surface area contributed by atoms with E-state index in [4.69, 9.17) is 14.2 Å². The average Bonchev–Trinajstić information content (AvgIpc) is 2.52. The Morgan fingerprint density at radius 1 is 1.03 bits per heavy atom. The van der Waals surface area contributed by atoms with Gasteiger partial charge in [0.1, 0.15) is 17.2 Å². The molecule has 0 rings (SSSR count). The Labute approximate surface area is 171 Å². The predicted octanol–water partition coefficient (Wildman–Crippen LogP) is 4.05. The van der Waals surface area contributed by atoms with Crippen molar-refractivity contribution in [3.05, 3.63) is 21.9 Å². The van der Waals surface area contributed by atoms with Crippen LogP contribution in [0.3, 0.4) is 0 Å². The van der Waals surface area contributed by atoms with Gasteiger partial charge in [0.15, 0.2) is 0 Å². The molecule has 2 amide bonds. The number of hydrogen-bond acceptors (Lipinski definition) is 8. The Hall–Kier alpha value is -2.65. The summed E-state index contributed by atoms with van der Waals surface area (Å²) in [6.07, 6.45) is -0.642. The molecule has 0 spiro atoms. The summed E-state index contributed by atoms with van der Waals surface area (Å²) in [5, 5.41) is 10.9. The van der Waals surface area contributed by atoms with Crippen LogP contribution < -0.4 is 0 Å². The van der Waals surface area contributed by atoms with Crippen molar-refractivity contribution in [1.29, 1.82) is 0 Å². The molecule has 0 fully saturated rings. The van der Waals surface area contributed by atoms with Gasteiger partial charge in [-0.2, -0.15) is 4.90 Å². The molecule has 1 atom stereocenters. The summed E-state index contributed by atoms with van der Waals surface area (Å²) in [5.74, 6) is -0.866. The van der Waals surface area contributed by atoms with E-state index in [-0.39, 0.29) is 25.0 Å². The molecule has 0 aliphatic rings. The first kappa shape index (κ1) is 26.4. The Balaban J connectivity index is 5.89. The fourth-order valence-electron chi connectivity index (χ4n) is 2.20. The van der Waals surface area contributed by atoms with E-state index in [2.05, 4.69) is 0 Å². The molecule has 0 heterocycles. The van der Waals surface area contributed by atoms with Crippen LogP contribution in [0.15, 0.2) is 11.8 Å². The summed E-state index contributed by atoms with van der Waals surface area (Å²) in [7, 11) is 1.11. The first-order chi connectivity index (χ1) is 13.1. The van der Waals surface area contributed by atoms with E-state index in [1.54, 1.807) is 48.5 Å². The lowest BCUT2D eigenvalue weighted by Gasteiger charge is -2.32. The molecule has 0 aromatic heterocycles. The smallest absolute Gasteiger partial charge is 0.420 e. The molecule has 166 valence electrons. The highest BCUT2D eigenvalue weighted by atomic mass is 16.6. The summed E-state index contributed by atoms with van der Waals surface area (Å²) in [4.78, 5) is 48.7. The van der Waals surface area contributed by atoms with Gasteiger partial charge in [0.25, 0.3) is 0 Å². The molecular formula is C19H32N2O8. The summed E-state index contributed by atoms with van der Waals surface area (Å²) in [6, 6.07) is -1.37. The fraction of sp³-hybridized carbons (Fsp3) is 0.737. The molecule has 0 saturated heterocycles. The van der Waals surface area contributed by atoms with E-state index in [1.165, 1.54) is 6.08 Å². The largest absolute Gasteiger partial charge is 0.467 e. The summed E-state index contributed by atoms with van der Waals surface area (Å²) >= 11 is 0. The molecule has 0 N–H and O–H groups in total. The van der Waals surface area contributed by atoms with Gasteiger partial charge in [-0.15, -0.1) is 0 Å². The quantitative estimate of drug-likeness (QED) is 0.263. The number of hydrogen-bond donors (Lipinski definition) is 0. The Morgan fingerprint density at radius 2 is 1.48 bits per heavy atom. The molecule has 0 aromatic carbocycles. The van der Waals surface area contributed by atoms with Crippen LogP contribution in [0, 0.1) is 10.1 Å². The molecule has 0 aliphatic carbocycles. The number of amides is 2. The molecule has 0 bridgehead atoms. The topological polar surface area (TPSA) is 125 Å². The third-order valence-electron chi connectivity index (χ3n) is 3.38. The number of ether oxygens (including phenoxy) is 3. The molecule has 0 radical (unpaired) electrons. The second-order valence-electron chi connectivity index (χ2n) is 8.25. The molecule has 0 aromatic rings. The third kappa shape index (κ3) is 9.91. The van der Waals surface area contributed by atoms with Gasteiger partial charge in [-0.3, -0.25) is 10.1 Å². The predicted molar refractivity (Wildman–Crippen MR) is 105 cm³/mol. The van der Waals surface area contributed by atoms with Gasteiger partial charge >= 0.3 is 18.2 Å².